The van der Waals surface area contributed by atoms with Gasteiger partial charge in [-0.05, 0) is 35.7 Å². The molecule has 112 valence electrons. The Morgan fingerprint density at radius 3 is 2.32 bits per heavy atom. The third-order valence-corrected chi connectivity index (χ3v) is 2.96. The maximum atomic E-state index is 13.8. The Kier molecular flexibility index (Phi) is 4.90. The SMILES string of the molecule is COC(=O)c1ccc(C#CC(F)(F)Cc2ccccc2)cc1. The first-order valence-corrected chi connectivity index (χ1v) is 6.63. The van der Waals surface area contributed by atoms with E-state index in [1.165, 1.54) is 31.4 Å². The van der Waals surface area contributed by atoms with Gasteiger partial charge in [0, 0.05) is 12.0 Å². The fourth-order valence-corrected chi connectivity index (χ4v) is 1.87. The Hall–Kier alpha value is -2.67. The lowest BCUT2D eigenvalue weighted by Gasteiger charge is -2.08. The van der Waals surface area contributed by atoms with Gasteiger partial charge >= 0.3 is 11.9 Å². The van der Waals surface area contributed by atoms with Gasteiger partial charge in [-0.3, -0.25) is 0 Å². The van der Waals surface area contributed by atoms with Gasteiger partial charge in [-0.1, -0.05) is 36.3 Å². The zero-order valence-corrected chi connectivity index (χ0v) is 12.0. The molecule has 0 aliphatic heterocycles. The van der Waals surface area contributed by atoms with Gasteiger partial charge in [0.05, 0.1) is 12.7 Å². The third-order valence-electron chi connectivity index (χ3n) is 2.96. The minimum Gasteiger partial charge on any atom is -0.465 e. The summed E-state index contributed by atoms with van der Waals surface area (Å²) < 4.78 is 32.2. The van der Waals surface area contributed by atoms with Crippen LogP contribution in [-0.4, -0.2) is 19.0 Å². The third kappa shape index (κ3) is 4.42. The molecular weight excluding hydrogens is 286 g/mol. The quantitative estimate of drug-likeness (QED) is 0.638. The average molecular weight is 300 g/mol. The lowest BCUT2D eigenvalue weighted by atomic mass is 10.1. The molecule has 0 unspecified atom stereocenters. The van der Waals surface area contributed by atoms with E-state index < -0.39 is 18.3 Å². The van der Waals surface area contributed by atoms with Crippen LogP contribution in [-0.2, 0) is 11.2 Å². The number of carbonyl (C=O) groups is 1. The Balaban J connectivity index is 2.09. The van der Waals surface area contributed by atoms with Crippen molar-refractivity contribution in [2.24, 2.45) is 0 Å². The second-order valence-corrected chi connectivity index (χ2v) is 4.69. The molecule has 0 aliphatic rings. The van der Waals surface area contributed by atoms with Gasteiger partial charge in [-0.25, -0.2) is 4.79 Å². The highest BCUT2D eigenvalue weighted by molar-refractivity contribution is 5.89. The van der Waals surface area contributed by atoms with Crippen LogP contribution >= 0.6 is 0 Å². The van der Waals surface area contributed by atoms with E-state index in [0.717, 1.165) is 0 Å². The molecule has 2 aromatic rings. The summed E-state index contributed by atoms with van der Waals surface area (Å²) in [5, 5.41) is 0. The summed E-state index contributed by atoms with van der Waals surface area (Å²) in [6.07, 6.45) is -0.429. The number of methoxy groups -OCH3 is 1. The highest BCUT2D eigenvalue weighted by atomic mass is 19.3. The number of esters is 1. The largest absolute Gasteiger partial charge is 0.465 e. The molecule has 2 rings (SSSR count). The van der Waals surface area contributed by atoms with Crippen LogP contribution in [0, 0.1) is 11.8 Å². The first-order valence-electron chi connectivity index (χ1n) is 6.63. The van der Waals surface area contributed by atoms with Crippen molar-refractivity contribution in [3.8, 4) is 11.8 Å². The highest BCUT2D eigenvalue weighted by Gasteiger charge is 2.26. The summed E-state index contributed by atoms with van der Waals surface area (Å²) in [5.41, 5.74) is 1.30. The lowest BCUT2D eigenvalue weighted by Crippen LogP contribution is -2.16. The highest BCUT2D eigenvalue weighted by Crippen LogP contribution is 2.19. The monoisotopic (exact) mass is 300 g/mol. The first-order chi connectivity index (χ1) is 10.5. The molecule has 0 N–H and O–H groups in total. The van der Waals surface area contributed by atoms with E-state index in [0.29, 0.717) is 16.7 Å². The van der Waals surface area contributed by atoms with Gasteiger partial charge < -0.3 is 4.74 Å². The summed E-state index contributed by atoms with van der Waals surface area (Å²) in [4.78, 5) is 11.3. The second kappa shape index (κ2) is 6.86. The number of benzene rings is 2. The van der Waals surface area contributed by atoms with Crippen LogP contribution in [0.15, 0.2) is 54.6 Å². The van der Waals surface area contributed by atoms with Crippen LogP contribution < -0.4 is 0 Å². The van der Waals surface area contributed by atoms with Crippen LogP contribution in [0.1, 0.15) is 21.5 Å². The normalized spacial score (nSPS) is 10.5. The molecule has 0 aliphatic carbocycles. The maximum Gasteiger partial charge on any atom is 0.337 e. The summed E-state index contributed by atoms with van der Waals surface area (Å²) in [5.74, 6) is 0.838. The van der Waals surface area contributed by atoms with E-state index >= 15 is 0 Å². The van der Waals surface area contributed by atoms with Crippen LogP contribution in [0.2, 0.25) is 0 Å². The number of rotatable bonds is 3. The standard InChI is InChI=1S/C18H14F2O2/c1-22-17(21)16-9-7-14(8-10-16)11-12-18(19,20)13-15-5-3-2-4-6-15/h2-10H,13H2,1H3. The molecule has 0 saturated heterocycles. The minimum absolute atomic E-state index is 0.351. The molecule has 2 aromatic carbocycles. The zero-order chi connectivity index (χ0) is 16.0. The first kappa shape index (κ1) is 15.7. The molecule has 0 amide bonds. The predicted molar refractivity (Wildman–Crippen MR) is 79.8 cm³/mol. The van der Waals surface area contributed by atoms with Crippen LogP contribution in [0.4, 0.5) is 8.78 Å². The number of ether oxygens (including phenoxy) is 1. The maximum absolute atomic E-state index is 13.8. The van der Waals surface area contributed by atoms with Gasteiger partial charge in [0.1, 0.15) is 0 Å². The molecule has 0 atom stereocenters. The molecule has 0 radical (unpaired) electrons. The van der Waals surface area contributed by atoms with E-state index in [1.54, 1.807) is 30.3 Å². The summed E-state index contributed by atoms with van der Waals surface area (Å²) in [6.45, 7) is 0. The molecule has 22 heavy (non-hydrogen) atoms. The van der Waals surface area contributed by atoms with Crippen molar-refractivity contribution in [3.63, 3.8) is 0 Å². The van der Waals surface area contributed by atoms with Crippen molar-refractivity contribution in [1.29, 1.82) is 0 Å². The number of hydrogen-bond acceptors (Lipinski definition) is 2. The molecule has 0 heterocycles. The molecule has 0 bridgehead atoms. The number of halogens is 2. The molecule has 0 spiro atoms. The average Bonchev–Trinajstić information content (AvgIpc) is 2.53. The van der Waals surface area contributed by atoms with Gasteiger partial charge in [0.15, 0.2) is 0 Å². The smallest absolute Gasteiger partial charge is 0.337 e. The van der Waals surface area contributed by atoms with Gasteiger partial charge in [0.2, 0.25) is 0 Å². The van der Waals surface area contributed by atoms with E-state index in [2.05, 4.69) is 10.7 Å². The second-order valence-electron chi connectivity index (χ2n) is 4.69. The van der Waals surface area contributed by atoms with Crippen molar-refractivity contribution in [1.82, 2.24) is 0 Å². The summed E-state index contributed by atoms with van der Waals surface area (Å²) in [7, 11) is 1.28. The Morgan fingerprint density at radius 1 is 1.09 bits per heavy atom. The molecule has 2 nitrogen and oxygen atoms in total. The number of hydrogen-bond donors (Lipinski definition) is 0. The van der Waals surface area contributed by atoms with Gasteiger partial charge in [-0.2, -0.15) is 8.78 Å². The Bertz CT molecular complexity index is 695. The van der Waals surface area contributed by atoms with Crippen LogP contribution in [0.3, 0.4) is 0 Å². The van der Waals surface area contributed by atoms with E-state index in [4.69, 9.17) is 0 Å². The van der Waals surface area contributed by atoms with Crippen molar-refractivity contribution < 1.29 is 18.3 Å². The van der Waals surface area contributed by atoms with Crippen molar-refractivity contribution in [3.05, 3.63) is 71.3 Å². The molecule has 0 fully saturated rings. The van der Waals surface area contributed by atoms with Crippen LogP contribution in [0.25, 0.3) is 0 Å². The lowest BCUT2D eigenvalue weighted by molar-refractivity contribution is 0.0599. The number of alkyl halides is 2. The van der Waals surface area contributed by atoms with Gasteiger partial charge in [0.25, 0.3) is 0 Å². The number of carbonyl (C=O) groups excluding carboxylic acids is 1. The molecular formula is C18H14F2O2. The zero-order valence-electron chi connectivity index (χ0n) is 12.0. The van der Waals surface area contributed by atoms with Crippen LogP contribution in [0.5, 0.6) is 0 Å². The predicted octanol–water partition coefficient (Wildman–Crippen LogP) is 3.70. The van der Waals surface area contributed by atoms with E-state index in [9.17, 15) is 13.6 Å². The van der Waals surface area contributed by atoms with Crippen molar-refractivity contribution >= 4 is 5.97 Å². The fourth-order valence-electron chi connectivity index (χ4n) is 1.87. The van der Waals surface area contributed by atoms with Crippen molar-refractivity contribution in [2.75, 3.05) is 7.11 Å². The van der Waals surface area contributed by atoms with Gasteiger partial charge in [-0.15, -0.1) is 0 Å². The molecule has 0 saturated carbocycles. The minimum atomic E-state index is -3.11. The summed E-state index contributed by atoms with van der Waals surface area (Å²) in [6, 6.07) is 14.5. The fraction of sp³-hybridized carbons (Fsp3) is 0.167. The molecule has 0 aromatic heterocycles. The van der Waals surface area contributed by atoms with Crippen molar-refractivity contribution in [2.45, 2.75) is 12.3 Å². The van der Waals surface area contributed by atoms with E-state index in [-0.39, 0.29) is 0 Å². The topological polar surface area (TPSA) is 26.3 Å². The Labute approximate surface area is 127 Å². The summed E-state index contributed by atoms with van der Waals surface area (Å²) >= 11 is 0. The Morgan fingerprint density at radius 2 is 1.73 bits per heavy atom. The molecule has 4 heteroatoms. The van der Waals surface area contributed by atoms with E-state index in [1.807, 2.05) is 5.92 Å².